The minimum absolute atomic E-state index is 0.288. The predicted molar refractivity (Wildman–Crippen MR) is 106 cm³/mol. The van der Waals surface area contributed by atoms with Gasteiger partial charge in [-0.25, -0.2) is 0 Å². The summed E-state index contributed by atoms with van der Waals surface area (Å²) in [7, 11) is 0. The van der Waals surface area contributed by atoms with E-state index < -0.39 is 11.8 Å². The lowest BCUT2D eigenvalue weighted by atomic mass is 10.2. The third-order valence-corrected chi connectivity index (χ3v) is 4.89. The lowest BCUT2D eigenvalue weighted by molar-refractivity contribution is -0.129. The van der Waals surface area contributed by atoms with Crippen LogP contribution >= 0.6 is 24.0 Å². The van der Waals surface area contributed by atoms with Crippen molar-refractivity contribution >= 4 is 52.1 Å². The molecule has 1 aromatic carbocycles. The highest BCUT2D eigenvalue weighted by Crippen LogP contribution is 2.32. The summed E-state index contributed by atoms with van der Waals surface area (Å²) < 4.78 is 0.288. The largest absolute Gasteiger partial charge is 0.283 e. The second kappa shape index (κ2) is 8.56. The number of amides is 3. The standard InChI is InChI=1S/C18H14N4O3S2/c23-15(20-21-16(24)13-7-4-8-19-10-13)11-22-17(25)14(27-18(22)26)9-12-5-2-1-3-6-12/h1-10H,11H2,(H,20,23)(H,21,24)/b14-9+. The van der Waals surface area contributed by atoms with Crippen molar-refractivity contribution in [2.75, 3.05) is 6.54 Å². The molecule has 2 aromatic rings. The highest BCUT2D eigenvalue weighted by Gasteiger charge is 2.33. The smallest absolute Gasteiger partial charge is 0.271 e. The number of pyridine rings is 1. The molecule has 7 nitrogen and oxygen atoms in total. The van der Waals surface area contributed by atoms with E-state index in [1.54, 1.807) is 18.2 Å². The Hall–Kier alpha value is -3.04. The highest BCUT2D eigenvalue weighted by molar-refractivity contribution is 8.26. The first-order chi connectivity index (χ1) is 13.0. The van der Waals surface area contributed by atoms with Gasteiger partial charge in [0.25, 0.3) is 17.7 Å². The number of nitrogens with zero attached hydrogens (tertiary/aromatic N) is 2. The summed E-state index contributed by atoms with van der Waals surface area (Å²) in [5.74, 6) is -1.42. The van der Waals surface area contributed by atoms with Crippen LogP contribution in [0.4, 0.5) is 0 Å². The fourth-order valence-corrected chi connectivity index (χ4v) is 3.47. The van der Waals surface area contributed by atoms with E-state index in [0.717, 1.165) is 17.3 Å². The number of thiocarbonyl (C=S) groups is 1. The molecule has 27 heavy (non-hydrogen) atoms. The Bertz CT molecular complexity index is 917. The van der Waals surface area contributed by atoms with E-state index in [1.807, 2.05) is 30.3 Å². The first-order valence-electron chi connectivity index (χ1n) is 7.84. The molecule has 1 aromatic heterocycles. The van der Waals surface area contributed by atoms with Gasteiger partial charge in [-0.15, -0.1) is 0 Å². The van der Waals surface area contributed by atoms with Crippen molar-refractivity contribution in [2.24, 2.45) is 0 Å². The molecule has 0 saturated carbocycles. The van der Waals surface area contributed by atoms with Gasteiger partial charge in [0, 0.05) is 12.4 Å². The van der Waals surface area contributed by atoms with Crippen molar-refractivity contribution < 1.29 is 14.4 Å². The Labute approximate surface area is 164 Å². The van der Waals surface area contributed by atoms with E-state index in [1.165, 1.54) is 17.3 Å². The SMILES string of the molecule is O=C(CN1C(=O)/C(=C\c2ccccc2)SC1=S)NNC(=O)c1cccnc1. The summed E-state index contributed by atoms with van der Waals surface area (Å²) in [6.45, 7) is -0.288. The fraction of sp³-hybridized carbons (Fsp3) is 0.0556. The van der Waals surface area contributed by atoms with Gasteiger partial charge in [-0.2, -0.15) is 0 Å². The van der Waals surface area contributed by atoms with Crippen LogP contribution in [0.5, 0.6) is 0 Å². The molecule has 9 heteroatoms. The Kier molecular flexibility index (Phi) is 5.94. The van der Waals surface area contributed by atoms with E-state index in [9.17, 15) is 14.4 Å². The molecule has 3 rings (SSSR count). The minimum Gasteiger partial charge on any atom is -0.283 e. The fourth-order valence-electron chi connectivity index (χ4n) is 2.22. The number of thioether (sulfide) groups is 1. The summed E-state index contributed by atoms with van der Waals surface area (Å²) in [6.07, 6.45) is 4.63. The van der Waals surface area contributed by atoms with Crippen molar-refractivity contribution in [1.82, 2.24) is 20.7 Å². The van der Waals surface area contributed by atoms with Gasteiger partial charge in [-0.1, -0.05) is 54.3 Å². The molecule has 3 amide bonds. The molecule has 0 atom stereocenters. The molecule has 1 aliphatic heterocycles. The van der Waals surface area contributed by atoms with Gasteiger partial charge in [-0.05, 0) is 23.8 Å². The third kappa shape index (κ3) is 4.78. The molecule has 1 aliphatic rings. The molecule has 1 fully saturated rings. The van der Waals surface area contributed by atoms with Crippen LogP contribution in [0, 0.1) is 0 Å². The van der Waals surface area contributed by atoms with Gasteiger partial charge >= 0.3 is 0 Å². The molecule has 0 aliphatic carbocycles. The number of aromatic nitrogens is 1. The summed E-state index contributed by atoms with van der Waals surface area (Å²) in [5, 5.41) is 0. The molecule has 0 spiro atoms. The Balaban J connectivity index is 1.58. The van der Waals surface area contributed by atoms with Crippen molar-refractivity contribution in [2.45, 2.75) is 0 Å². The van der Waals surface area contributed by atoms with E-state index in [0.29, 0.717) is 10.5 Å². The van der Waals surface area contributed by atoms with Crippen LogP contribution in [0.2, 0.25) is 0 Å². The third-order valence-electron chi connectivity index (χ3n) is 3.51. The molecular weight excluding hydrogens is 384 g/mol. The van der Waals surface area contributed by atoms with Gasteiger partial charge in [0.1, 0.15) is 10.9 Å². The van der Waals surface area contributed by atoms with Gasteiger partial charge in [0.15, 0.2) is 0 Å². The van der Waals surface area contributed by atoms with Crippen LogP contribution in [0.25, 0.3) is 6.08 Å². The van der Waals surface area contributed by atoms with E-state index >= 15 is 0 Å². The number of hydrazine groups is 1. The molecular formula is C18H14N4O3S2. The number of hydrogen-bond acceptors (Lipinski definition) is 6. The van der Waals surface area contributed by atoms with Crippen molar-refractivity contribution in [3.05, 3.63) is 70.9 Å². The number of benzene rings is 1. The van der Waals surface area contributed by atoms with Crippen LogP contribution < -0.4 is 10.9 Å². The number of rotatable bonds is 4. The number of carbonyl (C=O) groups is 3. The Morgan fingerprint density at radius 3 is 2.63 bits per heavy atom. The monoisotopic (exact) mass is 398 g/mol. The lowest BCUT2D eigenvalue weighted by Crippen LogP contribution is -2.47. The van der Waals surface area contributed by atoms with E-state index in [2.05, 4.69) is 15.8 Å². The van der Waals surface area contributed by atoms with Crippen LogP contribution in [0.15, 0.2) is 59.8 Å². The topological polar surface area (TPSA) is 91.4 Å². The van der Waals surface area contributed by atoms with Crippen LogP contribution in [-0.2, 0) is 9.59 Å². The molecule has 0 unspecified atom stereocenters. The molecule has 2 N–H and O–H groups in total. The second-order valence-electron chi connectivity index (χ2n) is 5.42. The Morgan fingerprint density at radius 1 is 1.15 bits per heavy atom. The second-order valence-corrected chi connectivity index (χ2v) is 7.10. The summed E-state index contributed by atoms with van der Waals surface area (Å²) in [4.78, 5) is 41.9. The maximum atomic E-state index is 12.5. The van der Waals surface area contributed by atoms with Gasteiger partial charge in [-0.3, -0.25) is 35.1 Å². The van der Waals surface area contributed by atoms with Crippen LogP contribution in [0.3, 0.4) is 0 Å². The van der Waals surface area contributed by atoms with Crippen molar-refractivity contribution in [3.63, 3.8) is 0 Å². The van der Waals surface area contributed by atoms with Gasteiger partial charge in [0.05, 0.1) is 10.5 Å². The van der Waals surface area contributed by atoms with Gasteiger partial charge in [0.2, 0.25) is 0 Å². The first kappa shape index (κ1) is 18.7. The van der Waals surface area contributed by atoms with Crippen LogP contribution in [-0.4, -0.2) is 38.5 Å². The quantitative estimate of drug-likeness (QED) is 0.463. The number of nitrogens with one attached hydrogen (secondary N) is 2. The number of hydrogen-bond donors (Lipinski definition) is 2. The minimum atomic E-state index is -0.565. The summed E-state index contributed by atoms with van der Waals surface area (Å²) >= 11 is 6.33. The van der Waals surface area contributed by atoms with Crippen molar-refractivity contribution in [3.8, 4) is 0 Å². The normalized spacial score (nSPS) is 15.1. The van der Waals surface area contributed by atoms with E-state index in [-0.39, 0.29) is 16.8 Å². The maximum absolute atomic E-state index is 12.5. The molecule has 136 valence electrons. The molecule has 0 bridgehead atoms. The highest BCUT2D eigenvalue weighted by atomic mass is 32.2. The average molecular weight is 398 g/mol. The van der Waals surface area contributed by atoms with E-state index in [4.69, 9.17) is 12.2 Å². The zero-order valence-electron chi connectivity index (χ0n) is 13.9. The first-order valence-corrected chi connectivity index (χ1v) is 9.06. The zero-order chi connectivity index (χ0) is 19.2. The maximum Gasteiger partial charge on any atom is 0.271 e. The molecule has 0 radical (unpaired) electrons. The van der Waals surface area contributed by atoms with Gasteiger partial charge < -0.3 is 0 Å². The Morgan fingerprint density at radius 2 is 1.93 bits per heavy atom. The average Bonchev–Trinajstić information content (AvgIpc) is 2.95. The van der Waals surface area contributed by atoms with Crippen molar-refractivity contribution in [1.29, 1.82) is 0 Å². The summed E-state index contributed by atoms with van der Waals surface area (Å²) in [5.41, 5.74) is 5.70. The molecule has 1 saturated heterocycles. The molecule has 2 heterocycles. The van der Waals surface area contributed by atoms with Crippen LogP contribution in [0.1, 0.15) is 15.9 Å². The summed E-state index contributed by atoms with van der Waals surface area (Å²) in [6, 6.07) is 12.5. The lowest BCUT2D eigenvalue weighted by Gasteiger charge is -2.14. The predicted octanol–water partition coefficient (Wildman–Crippen LogP) is 1.74. The zero-order valence-corrected chi connectivity index (χ0v) is 15.5. The number of carbonyl (C=O) groups excluding carboxylic acids is 3.